The van der Waals surface area contributed by atoms with Crippen LogP contribution in [-0.2, 0) is 15.6 Å². The maximum absolute atomic E-state index is 11.4. The molecule has 5 heteroatoms. The van der Waals surface area contributed by atoms with Gasteiger partial charge in [-0.15, -0.1) is 11.6 Å². The van der Waals surface area contributed by atoms with Crippen LogP contribution in [0.25, 0.3) is 0 Å². The van der Waals surface area contributed by atoms with E-state index in [-0.39, 0.29) is 16.4 Å². The van der Waals surface area contributed by atoms with Crippen LogP contribution in [0, 0.1) is 0 Å². The Morgan fingerprint density at radius 1 is 1.46 bits per heavy atom. The van der Waals surface area contributed by atoms with Gasteiger partial charge in [-0.05, 0) is 12.8 Å². The Hall–Kier alpha value is -0.0900. The summed E-state index contributed by atoms with van der Waals surface area (Å²) in [5, 5.41) is 9.92. The smallest absolute Gasteiger partial charge is 0.0635 e. The Labute approximate surface area is 84.9 Å². The van der Waals surface area contributed by atoms with Crippen molar-refractivity contribution in [2.24, 2.45) is 0 Å². The molecule has 3 unspecified atom stereocenters. The van der Waals surface area contributed by atoms with Crippen LogP contribution in [0.1, 0.15) is 25.7 Å². The predicted molar refractivity (Wildman–Crippen MR) is 49.9 cm³/mol. The van der Waals surface area contributed by atoms with Crippen LogP contribution in [0.4, 0.5) is 0 Å². The molecule has 0 radical (unpaired) electrons. The molecule has 0 saturated heterocycles. The van der Waals surface area contributed by atoms with Crippen molar-refractivity contribution in [2.45, 2.75) is 36.3 Å². The van der Waals surface area contributed by atoms with Crippen LogP contribution in [0.15, 0.2) is 0 Å². The fourth-order valence-electron chi connectivity index (χ4n) is 1.57. The SMILES string of the molecule is O=C([O-])CS(=O)C1CCCCC1Cl. The second-order valence-corrected chi connectivity index (χ2v) is 5.45. The first-order valence-electron chi connectivity index (χ1n) is 4.32. The molecule has 0 N–H and O–H groups in total. The van der Waals surface area contributed by atoms with Crippen LogP contribution < -0.4 is 5.11 Å². The minimum Gasteiger partial charge on any atom is -0.549 e. The number of rotatable bonds is 3. The Balaban J connectivity index is 2.48. The van der Waals surface area contributed by atoms with Gasteiger partial charge < -0.3 is 9.90 Å². The molecule has 0 heterocycles. The van der Waals surface area contributed by atoms with Gasteiger partial charge in [-0.2, -0.15) is 0 Å². The minimum absolute atomic E-state index is 0.131. The molecule has 0 aromatic heterocycles. The molecule has 1 fully saturated rings. The Kier molecular flexibility index (Phi) is 4.19. The molecule has 1 rings (SSSR count). The van der Waals surface area contributed by atoms with Crippen LogP contribution >= 0.6 is 11.6 Å². The summed E-state index contributed by atoms with van der Waals surface area (Å²) in [5.41, 5.74) is 0. The van der Waals surface area contributed by atoms with Crippen molar-refractivity contribution < 1.29 is 14.1 Å². The molecule has 13 heavy (non-hydrogen) atoms. The number of hydrogen-bond acceptors (Lipinski definition) is 3. The van der Waals surface area contributed by atoms with Gasteiger partial charge in [-0.3, -0.25) is 4.21 Å². The van der Waals surface area contributed by atoms with Gasteiger partial charge in [0.1, 0.15) is 0 Å². The van der Waals surface area contributed by atoms with Crippen molar-refractivity contribution in [1.29, 1.82) is 0 Å². The van der Waals surface area contributed by atoms with Gasteiger partial charge in [0, 0.05) is 16.2 Å². The van der Waals surface area contributed by atoms with E-state index in [2.05, 4.69) is 0 Å². The standard InChI is InChI=1S/C8H13ClO3S/c9-6-3-1-2-4-7(6)13(12)5-8(10)11/h6-7H,1-5H2,(H,10,11)/p-1. The highest BCUT2D eigenvalue weighted by Crippen LogP contribution is 2.26. The third-order valence-corrected chi connectivity index (χ3v) is 4.65. The van der Waals surface area contributed by atoms with Gasteiger partial charge in [-0.25, -0.2) is 0 Å². The van der Waals surface area contributed by atoms with E-state index in [1.807, 2.05) is 0 Å². The van der Waals surface area contributed by atoms with Crippen molar-refractivity contribution >= 4 is 28.4 Å². The summed E-state index contributed by atoms with van der Waals surface area (Å²) >= 11 is 5.95. The minimum atomic E-state index is -1.36. The van der Waals surface area contributed by atoms with Crippen molar-refractivity contribution in [3.8, 4) is 0 Å². The van der Waals surface area contributed by atoms with Gasteiger partial charge in [-0.1, -0.05) is 12.8 Å². The summed E-state index contributed by atoms with van der Waals surface area (Å²) in [6.07, 6.45) is 3.65. The zero-order valence-electron chi connectivity index (χ0n) is 7.20. The van der Waals surface area contributed by atoms with Crippen molar-refractivity contribution in [3.63, 3.8) is 0 Å². The number of carboxylic acids is 1. The third kappa shape index (κ3) is 3.27. The summed E-state index contributed by atoms with van der Waals surface area (Å²) in [7, 11) is -1.36. The molecule has 0 aliphatic heterocycles. The lowest BCUT2D eigenvalue weighted by Gasteiger charge is -2.26. The van der Waals surface area contributed by atoms with Gasteiger partial charge in [0.25, 0.3) is 0 Å². The lowest BCUT2D eigenvalue weighted by molar-refractivity contribution is -0.301. The van der Waals surface area contributed by atoms with Crippen molar-refractivity contribution in [3.05, 3.63) is 0 Å². The highest BCUT2D eigenvalue weighted by atomic mass is 35.5. The quantitative estimate of drug-likeness (QED) is 0.635. The third-order valence-electron chi connectivity index (χ3n) is 2.22. The lowest BCUT2D eigenvalue weighted by Crippen LogP contribution is -2.37. The normalized spacial score (nSPS) is 31.2. The number of carboxylic acid groups (broad SMARTS) is 1. The van der Waals surface area contributed by atoms with Crippen molar-refractivity contribution in [2.75, 3.05) is 5.75 Å². The first-order chi connectivity index (χ1) is 6.11. The molecule has 1 aliphatic rings. The molecular formula is C8H12ClO3S-. The van der Waals surface area contributed by atoms with E-state index < -0.39 is 16.8 Å². The predicted octanol–water partition coefficient (Wildman–Crippen LogP) is 0.0350. The molecule has 1 saturated carbocycles. The summed E-state index contributed by atoms with van der Waals surface area (Å²) in [6.45, 7) is 0. The van der Waals surface area contributed by atoms with Gasteiger partial charge in [0.2, 0.25) is 0 Å². The van der Waals surface area contributed by atoms with Crippen LogP contribution in [0.3, 0.4) is 0 Å². The van der Waals surface area contributed by atoms with Crippen LogP contribution in [0.5, 0.6) is 0 Å². The number of aliphatic carboxylic acids is 1. The largest absolute Gasteiger partial charge is 0.549 e. The zero-order chi connectivity index (χ0) is 9.84. The fourth-order valence-corrected chi connectivity index (χ4v) is 3.54. The molecule has 1 aliphatic carbocycles. The van der Waals surface area contributed by atoms with Gasteiger partial charge >= 0.3 is 0 Å². The average molecular weight is 224 g/mol. The molecular weight excluding hydrogens is 212 g/mol. The first-order valence-corrected chi connectivity index (χ1v) is 6.14. The number of carbonyl (C=O) groups is 1. The highest BCUT2D eigenvalue weighted by Gasteiger charge is 2.27. The molecule has 3 atom stereocenters. The Morgan fingerprint density at radius 2 is 2.08 bits per heavy atom. The summed E-state index contributed by atoms with van der Waals surface area (Å²) in [6, 6.07) is 0. The van der Waals surface area contributed by atoms with Gasteiger partial charge in [0.05, 0.1) is 17.0 Å². The Bertz CT molecular complexity index is 219. The molecule has 0 amide bonds. The average Bonchev–Trinajstić information content (AvgIpc) is 2.03. The zero-order valence-corrected chi connectivity index (χ0v) is 8.77. The van der Waals surface area contributed by atoms with E-state index >= 15 is 0 Å². The molecule has 0 spiro atoms. The van der Waals surface area contributed by atoms with E-state index in [9.17, 15) is 14.1 Å². The molecule has 76 valence electrons. The molecule has 0 aromatic rings. The maximum atomic E-state index is 11.4. The van der Waals surface area contributed by atoms with Gasteiger partial charge in [0.15, 0.2) is 0 Å². The molecule has 3 nitrogen and oxygen atoms in total. The number of carbonyl (C=O) groups excluding carboxylic acids is 1. The van der Waals surface area contributed by atoms with E-state index in [1.165, 1.54) is 0 Å². The second kappa shape index (κ2) is 4.96. The van der Waals surface area contributed by atoms with E-state index in [1.54, 1.807) is 0 Å². The fraction of sp³-hybridized carbons (Fsp3) is 0.875. The molecule has 0 aromatic carbocycles. The highest BCUT2D eigenvalue weighted by molar-refractivity contribution is 7.86. The number of halogens is 1. The van der Waals surface area contributed by atoms with E-state index in [0.29, 0.717) is 0 Å². The van der Waals surface area contributed by atoms with Crippen LogP contribution in [-0.4, -0.2) is 26.6 Å². The topological polar surface area (TPSA) is 57.2 Å². The van der Waals surface area contributed by atoms with Crippen molar-refractivity contribution in [1.82, 2.24) is 0 Å². The first kappa shape index (κ1) is 11.0. The Morgan fingerprint density at radius 3 is 2.62 bits per heavy atom. The molecule has 0 bridgehead atoms. The van der Waals surface area contributed by atoms with Crippen LogP contribution in [0.2, 0.25) is 0 Å². The second-order valence-electron chi connectivity index (χ2n) is 3.24. The summed E-state index contributed by atoms with van der Waals surface area (Å²) in [5.74, 6) is -1.64. The lowest BCUT2D eigenvalue weighted by atomic mass is 10.00. The monoisotopic (exact) mass is 223 g/mol. The summed E-state index contributed by atoms with van der Waals surface area (Å²) < 4.78 is 11.4. The van der Waals surface area contributed by atoms with E-state index in [0.717, 1.165) is 25.7 Å². The maximum Gasteiger partial charge on any atom is 0.0635 e. The summed E-state index contributed by atoms with van der Waals surface area (Å²) in [4.78, 5) is 10.2. The number of hydrogen-bond donors (Lipinski definition) is 0. The number of alkyl halides is 1. The van der Waals surface area contributed by atoms with E-state index in [4.69, 9.17) is 11.6 Å².